The number of rotatable bonds is 4. The topological polar surface area (TPSA) is 57.8 Å². The minimum atomic E-state index is -2.46. The van der Waals surface area contributed by atoms with Crippen LogP contribution in [-0.2, 0) is 6.42 Å². The molecule has 1 rings (SSSR count). The Morgan fingerprint density at radius 3 is 2.93 bits per heavy atom. The number of nitrogens with zero attached hydrogens (tertiary/aromatic N) is 1. The van der Waals surface area contributed by atoms with Crippen molar-refractivity contribution < 1.29 is 8.78 Å². The molecule has 0 radical (unpaired) electrons. The van der Waals surface area contributed by atoms with Crippen molar-refractivity contribution >= 4 is 5.82 Å². The quantitative estimate of drug-likeness (QED) is 0.767. The molecule has 6 heteroatoms. The molecular weight excluding hydrogens is 192 g/mol. The lowest BCUT2D eigenvalue weighted by molar-refractivity contribution is 0.163. The minimum absolute atomic E-state index is 0.186. The Morgan fingerprint density at radius 1 is 1.64 bits per heavy atom. The Hall–Kier alpha value is -1.46. The fourth-order valence-electron chi connectivity index (χ4n) is 0.948. The molecular formula is C8H11F2N3O. The van der Waals surface area contributed by atoms with Crippen LogP contribution in [0, 0.1) is 0 Å². The van der Waals surface area contributed by atoms with Gasteiger partial charge in [-0.05, 0) is 0 Å². The molecule has 78 valence electrons. The van der Waals surface area contributed by atoms with E-state index in [0.29, 0.717) is 12.2 Å². The number of aromatic nitrogens is 2. The predicted octanol–water partition coefficient (Wildman–Crippen LogP) is 1.01. The number of hydrogen-bond donors (Lipinski definition) is 2. The molecule has 0 fully saturated rings. The van der Waals surface area contributed by atoms with Gasteiger partial charge in [-0.1, -0.05) is 6.92 Å². The van der Waals surface area contributed by atoms with Crippen molar-refractivity contribution in [3.63, 3.8) is 0 Å². The molecule has 0 aromatic carbocycles. The molecule has 1 aromatic rings. The third-order valence-corrected chi connectivity index (χ3v) is 1.56. The standard InChI is InChI=1S/C8H11F2N3O/c1-2-6-12-7(3-8(14)13-6)11-4-5(9)10/h3,5H,2,4H2,1H3,(H2,11,12,13,14). The Balaban J connectivity index is 2.76. The molecule has 0 amide bonds. The monoisotopic (exact) mass is 203 g/mol. The first-order valence-corrected chi connectivity index (χ1v) is 4.24. The molecule has 0 spiro atoms. The maximum absolute atomic E-state index is 11.8. The van der Waals surface area contributed by atoms with Gasteiger partial charge in [-0.25, -0.2) is 13.8 Å². The summed E-state index contributed by atoms with van der Waals surface area (Å²) in [5.74, 6) is 0.667. The number of anilines is 1. The third-order valence-electron chi connectivity index (χ3n) is 1.56. The SMILES string of the molecule is CCc1nc(NCC(F)F)cc(=O)[nH]1. The summed E-state index contributed by atoms with van der Waals surface area (Å²) in [6.07, 6.45) is -1.90. The van der Waals surface area contributed by atoms with Crippen LogP contribution >= 0.6 is 0 Å². The van der Waals surface area contributed by atoms with Crippen LogP contribution in [0.2, 0.25) is 0 Å². The molecule has 0 aliphatic rings. The molecule has 0 unspecified atom stereocenters. The van der Waals surface area contributed by atoms with Gasteiger partial charge in [0.05, 0.1) is 6.54 Å². The molecule has 0 aliphatic carbocycles. The molecule has 0 aliphatic heterocycles. The average Bonchev–Trinajstić information content (AvgIpc) is 2.14. The first-order valence-electron chi connectivity index (χ1n) is 4.24. The van der Waals surface area contributed by atoms with Gasteiger partial charge >= 0.3 is 0 Å². The highest BCUT2D eigenvalue weighted by Crippen LogP contribution is 2.01. The molecule has 2 N–H and O–H groups in total. The van der Waals surface area contributed by atoms with Gasteiger partial charge in [-0.15, -0.1) is 0 Å². The fraction of sp³-hybridized carbons (Fsp3) is 0.500. The van der Waals surface area contributed by atoms with Gasteiger partial charge in [-0.2, -0.15) is 0 Å². The summed E-state index contributed by atoms with van der Waals surface area (Å²) >= 11 is 0. The third kappa shape index (κ3) is 3.12. The lowest BCUT2D eigenvalue weighted by Crippen LogP contribution is -2.16. The van der Waals surface area contributed by atoms with Crippen molar-refractivity contribution in [1.29, 1.82) is 0 Å². The van der Waals surface area contributed by atoms with E-state index in [-0.39, 0.29) is 11.4 Å². The normalized spacial score (nSPS) is 10.6. The van der Waals surface area contributed by atoms with E-state index in [1.807, 2.05) is 6.92 Å². The molecule has 0 saturated heterocycles. The van der Waals surface area contributed by atoms with Gasteiger partial charge in [0, 0.05) is 12.5 Å². The second kappa shape index (κ2) is 4.69. The predicted molar refractivity (Wildman–Crippen MR) is 48.7 cm³/mol. The Morgan fingerprint density at radius 2 is 2.36 bits per heavy atom. The zero-order valence-electron chi connectivity index (χ0n) is 7.68. The van der Waals surface area contributed by atoms with Gasteiger partial charge in [0.15, 0.2) is 0 Å². The van der Waals surface area contributed by atoms with Crippen LogP contribution in [0.1, 0.15) is 12.7 Å². The van der Waals surface area contributed by atoms with Gasteiger partial charge in [-0.3, -0.25) is 4.79 Å². The largest absolute Gasteiger partial charge is 0.364 e. The first kappa shape index (κ1) is 10.6. The van der Waals surface area contributed by atoms with Gasteiger partial charge < -0.3 is 10.3 Å². The van der Waals surface area contributed by atoms with Gasteiger partial charge in [0.1, 0.15) is 11.6 Å². The fourth-order valence-corrected chi connectivity index (χ4v) is 0.948. The van der Waals surface area contributed by atoms with Crippen molar-refractivity contribution in [2.45, 2.75) is 19.8 Å². The minimum Gasteiger partial charge on any atom is -0.364 e. The summed E-state index contributed by atoms with van der Waals surface area (Å²) in [4.78, 5) is 17.4. The number of alkyl halides is 2. The molecule has 0 bridgehead atoms. The summed E-state index contributed by atoms with van der Waals surface area (Å²) in [6, 6.07) is 1.15. The van der Waals surface area contributed by atoms with Crippen molar-refractivity contribution in [2.75, 3.05) is 11.9 Å². The molecule has 1 heterocycles. The van der Waals surface area contributed by atoms with Crippen LogP contribution in [0.15, 0.2) is 10.9 Å². The van der Waals surface area contributed by atoms with Crippen LogP contribution in [0.25, 0.3) is 0 Å². The Kier molecular flexibility index (Phi) is 3.55. The van der Waals surface area contributed by atoms with E-state index in [0.717, 1.165) is 6.07 Å². The number of halogens is 2. The van der Waals surface area contributed by atoms with E-state index in [1.165, 1.54) is 0 Å². The lowest BCUT2D eigenvalue weighted by atomic mass is 10.4. The van der Waals surface area contributed by atoms with E-state index in [1.54, 1.807) is 0 Å². The van der Waals surface area contributed by atoms with Crippen LogP contribution in [0.4, 0.5) is 14.6 Å². The average molecular weight is 203 g/mol. The van der Waals surface area contributed by atoms with Crippen LogP contribution in [0.5, 0.6) is 0 Å². The summed E-state index contributed by atoms with van der Waals surface area (Å²) in [7, 11) is 0. The first-order chi connectivity index (χ1) is 6.61. The number of H-pyrrole nitrogens is 1. The van der Waals surface area contributed by atoms with E-state index in [4.69, 9.17) is 0 Å². The summed E-state index contributed by atoms with van der Waals surface area (Å²) < 4.78 is 23.7. The number of nitrogens with one attached hydrogen (secondary N) is 2. The lowest BCUT2D eigenvalue weighted by Gasteiger charge is -2.05. The van der Waals surface area contributed by atoms with Crippen LogP contribution in [-0.4, -0.2) is 22.9 Å². The molecule has 4 nitrogen and oxygen atoms in total. The number of hydrogen-bond acceptors (Lipinski definition) is 3. The van der Waals surface area contributed by atoms with Crippen LogP contribution in [0.3, 0.4) is 0 Å². The molecule has 14 heavy (non-hydrogen) atoms. The van der Waals surface area contributed by atoms with Gasteiger partial charge in [0.2, 0.25) is 0 Å². The molecule has 0 atom stereocenters. The highest BCUT2D eigenvalue weighted by molar-refractivity contribution is 5.32. The zero-order valence-corrected chi connectivity index (χ0v) is 7.68. The molecule has 1 aromatic heterocycles. The van der Waals surface area contributed by atoms with E-state index in [2.05, 4.69) is 15.3 Å². The summed E-state index contributed by atoms with van der Waals surface area (Å²) in [5, 5.41) is 2.38. The number of aryl methyl sites for hydroxylation is 1. The summed E-state index contributed by atoms with van der Waals surface area (Å²) in [5.41, 5.74) is -0.339. The van der Waals surface area contributed by atoms with Crippen molar-refractivity contribution in [1.82, 2.24) is 9.97 Å². The van der Waals surface area contributed by atoms with E-state index >= 15 is 0 Å². The molecule has 0 saturated carbocycles. The Labute approximate surface area is 79.4 Å². The highest BCUT2D eigenvalue weighted by Gasteiger charge is 2.03. The zero-order chi connectivity index (χ0) is 10.6. The maximum Gasteiger partial charge on any atom is 0.255 e. The van der Waals surface area contributed by atoms with E-state index in [9.17, 15) is 13.6 Å². The van der Waals surface area contributed by atoms with Crippen molar-refractivity contribution in [2.24, 2.45) is 0 Å². The smallest absolute Gasteiger partial charge is 0.255 e. The van der Waals surface area contributed by atoms with Crippen LogP contribution < -0.4 is 10.9 Å². The van der Waals surface area contributed by atoms with Crippen molar-refractivity contribution in [3.8, 4) is 0 Å². The Bertz CT molecular complexity index is 351. The number of aromatic amines is 1. The maximum atomic E-state index is 11.8. The van der Waals surface area contributed by atoms with Crippen molar-refractivity contribution in [3.05, 3.63) is 22.2 Å². The second-order valence-corrected chi connectivity index (χ2v) is 2.70. The summed E-state index contributed by atoms with van der Waals surface area (Å²) in [6.45, 7) is 1.31. The van der Waals surface area contributed by atoms with E-state index < -0.39 is 13.0 Å². The highest BCUT2D eigenvalue weighted by atomic mass is 19.3. The van der Waals surface area contributed by atoms with Gasteiger partial charge in [0.25, 0.3) is 12.0 Å². The second-order valence-electron chi connectivity index (χ2n) is 2.70.